The molecule has 1 N–H and O–H groups in total. The Morgan fingerprint density at radius 1 is 1.54 bits per heavy atom. The van der Waals surface area contributed by atoms with Crippen LogP contribution in [0.15, 0.2) is 0 Å². The van der Waals surface area contributed by atoms with E-state index in [0.29, 0.717) is 6.61 Å². The summed E-state index contributed by atoms with van der Waals surface area (Å²) in [6.07, 6.45) is 0.840. The lowest BCUT2D eigenvalue weighted by Gasteiger charge is -2.14. The number of esters is 1. The number of carbonyl (C=O) groups excluding carboxylic acids is 2. The van der Waals surface area contributed by atoms with Crippen molar-refractivity contribution >= 4 is 12.3 Å². The summed E-state index contributed by atoms with van der Waals surface area (Å²) in [5.74, 6) is -0.340. The van der Waals surface area contributed by atoms with E-state index in [1.54, 1.807) is 6.92 Å². The Morgan fingerprint density at radius 3 is 2.54 bits per heavy atom. The van der Waals surface area contributed by atoms with Crippen LogP contribution in [0.25, 0.3) is 0 Å². The molecule has 0 fully saturated rings. The smallest absolute Gasteiger partial charge is 0.307 e. The van der Waals surface area contributed by atoms with Gasteiger partial charge in [-0.2, -0.15) is 0 Å². The quantitative estimate of drug-likeness (QED) is 0.486. The van der Waals surface area contributed by atoms with Crippen molar-refractivity contribution in [1.29, 1.82) is 0 Å². The molecule has 0 saturated carbocycles. The summed E-state index contributed by atoms with van der Waals surface area (Å²) in [5.41, 5.74) is 0. The third-order valence-electron chi connectivity index (χ3n) is 1.40. The highest BCUT2D eigenvalue weighted by atomic mass is 16.5. The van der Waals surface area contributed by atoms with Gasteiger partial charge in [-0.25, -0.2) is 0 Å². The molecule has 1 atom stereocenters. The van der Waals surface area contributed by atoms with Gasteiger partial charge in [-0.3, -0.25) is 4.79 Å². The van der Waals surface area contributed by atoms with E-state index in [-0.39, 0.29) is 18.4 Å². The number of aldehydes is 1. The van der Waals surface area contributed by atoms with Crippen LogP contribution in [0, 0.1) is 0 Å². The Bertz CT molecular complexity index is 168. The Kier molecular flexibility index (Phi) is 6.14. The summed E-state index contributed by atoms with van der Waals surface area (Å²) in [5, 5.41) is 2.95. The maximum Gasteiger partial charge on any atom is 0.307 e. The lowest BCUT2D eigenvalue weighted by atomic mass is 10.2. The molecule has 4 nitrogen and oxygen atoms in total. The summed E-state index contributed by atoms with van der Waals surface area (Å²) in [6.45, 7) is 5.93. The zero-order valence-corrected chi connectivity index (χ0v) is 8.37. The second kappa shape index (κ2) is 6.60. The predicted molar refractivity (Wildman–Crippen MR) is 49.4 cm³/mol. The Hall–Kier alpha value is -0.900. The number of hydrogen-bond donors (Lipinski definition) is 1. The van der Waals surface area contributed by atoms with Crippen LogP contribution < -0.4 is 5.32 Å². The normalized spacial score (nSPS) is 12.6. The van der Waals surface area contributed by atoms with Gasteiger partial charge in [0.1, 0.15) is 6.29 Å². The molecule has 0 amide bonds. The minimum Gasteiger partial charge on any atom is -0.466 e. The van der Waals surface area contributed by atoms with Gasteiger partial charge >= 0.3 is 5.97 Å². The lowest BCUT2D eigenvalue weighted by molar-refractivity contribution is -0.144. The van der Waals surface area contributed by atoms with E-state index in [2.05, 4.69) is 5.32 Å². The molecule has 0 heterocycles. The monoisotopic (exact) mass is 187 g/mol. The van der Waals surface area contributed by atoms with Gasteiger partial charge in [-0.05, 0) is 6.92 Å². The van der Waals surface area contributed by atoms with Crippen LogP contribution in [0.1, 0.15) is 27.2 Å². The molecule has 0 radical (unpaired) electrons. The number of nitrogens with one attached hydrogen (secondary N) is 1. The fourth-order valence-electron chi connectivity index (χ4n) is 0.974. The first-order valence-corrected chi connectivity index (χ1v) is 4.47. The Labute approximate surface area is 78.6 Å². The van der Waals surface area contributed by atoms with Crippen molar-refractivity contribution in [3.05, 3.63) is 0 Å². The Balaban J connectivity index is 3.83. The molecule has 0 spiro atoms. The molecule has 0 aliphatic carbocycles. The molecule has 76 valence electrons. The molecule has 0 rings (SSSR count). The van der Waals surface area contributed by atoms with Gasteiger partial charge in [-0.1, -0.05) is 13.8 Å². The predicted octanol–water partition coefficient (Wildman–Crippen LogP) is 0.505. The minimum atomic E-state index is -0.431. The van der Waals surface area contributed by atoms with Crippen LogP contribution in [-0.2, 0) is 14.3 Å². The maximum atomic E-state index is 11.0. The topological polar surface area (TPSA) is 55.4 Å². The average Bonchev–Trinajstić information content (AvgIpc) is 2.02. The summed E-state index contributed by atoms with van der Waals surface area (Å²) < 4.78 is 4.72. The van der Waals surface area contributed by atoms with E-state index in [9.17, 15) is 9.59 Å². The van der Waals surface area contributed by atoms with Crippen LogP contribution in [0.5, 0.6) is 0 Å². The van der Waals surface area contributed by atoms with Crippen molar-refractivity contribution in [2.24, 2.45) is 0 Å². The fourth-order valence-corrected chi connectivity index (χ4v) is 0.974. The van der Waals surface area contributed by atoms with Gasteiger partial charge in [0, 0.05) is 6.04 Å². The van der Waals surface area contributed by atoms with Crippen molar-refractivity contribution < 1.29 is 14.3 Å². The van der Waals surface area contributed by atoms with Crippen molar-refractivity contribution in [2.75, 3.05) is 6.61 Å². The van der Waals surface area contributed by atoms with Gasteiger partial charge < -0.3 is 14.8 Å². The van der Waals surface area contributed by atoms with Crippen LogP contribution in [0.4, 0.5) is 0 Å². The molecule has 0 aliphatic rings. The molecule has 0 aliphatic heterocycles. The molecule has 0 bridgehead atoms. The van der Waals surface area contributed by atoms with Crippen molar-refractivity contribution in [1.82, 2.24) is 5.32 Å². The fraction of sp³-hybridized carbons (Fsp3) is 0.778. The molecule has 0 aromatic rings. The molecule has 4 heteroatoms. The summed E-state index contributed by atoms with van der Waals surface area (Å²) in [6, 6.07) is -0.247. The van der Waals surface area contributed by atoms with E-state index in [0.717, 1.165) is 6.29 Å². The van der Waals surface area contributed by atoms with Crippen molar-refractivity contribution in [3.8, 4) is 0 Å². The van der Waals surface area contributed by atoms with E-state index >= 15 is 0 Å². The summed E-state index contributed by atoms with van der Waals surface area (Å²) in [4.78, 5) is 21.5. The van der Waals surface area contributed by atoms with Crippen LogP contribution in [0.3, 0.4) is 0 Å². The van der Waals surface area contributed by atoms with E-state index in [1.807, 2.05) is 13.8 Å². The molecule has 1 unspecified atom stereocenters. The van der Waals surface area contributed by atoms with Crippen LogP contribution >= 0.6 is 0 Å². The number of hydrogen-bond acceptors (Lipinski definition) is 4. The van der Waals surface area contributed by atoms with Crippen molar-refractivity contribution in [2.45, 2.75) is 39.3 Å². The molecular weight excluding hydrogens is 170 g/mol. The first-order chi connectivity index (χ1) is 6.10. The first-order valence-electron chi connectivity index (χ1n) is 4.47. The second-order valence-electron chi connectivity index (χ2n) is 3.07. The van der Waals surface area contributed by atoms with Crippen molar-refractivity contribution in [3.63, 3.8) is 0 Å². The number of rotatable bonds is 6. The largest absolute Gasteiger partial charge is 0.466 e. The van der Waals surface area contributed by atoms with E-state index in [1.165, 1.54) is 0 Å². The first kappa shape index (κ1) is 12.1. The molecular formula is C9H17NO3. The van der Waals surface area contributed by atoms with Gasteiger partial charge in [0.15, 0.2) is 0 Å². The van der Waals surface area contributed by atoms with Gasteiger partial charge in [0.2, 0.25) is 0 Å². The SMILES string of the molecule is CCOC(=O)CC(C=O)NC(C)C. The lowest BCUT2D eigenvalue weighted by Crippen LogP contribution is -2.37. The maximum absolute atomic E-state index is 11.0. The van der Waals surface area contributed by atoms with Gasteiger partial charge in [0.05, 0.1) is 19.1 Å². The molecule has 0 saturated heterocycles. The van der Waals surface area contributed by atoms with Gasteiger partial charge in [0.25, 0.3) is 0 Å². The molecule has 0 aromatic heterocycles. The number of ether oxygens (including phenoxy) is 1. The highest BCUT2D eigenvalue weighted by Crippen LogP contribution is 1.94. The molecule has 13 heavy (non-hydrogen) atoms. The highest BCUT2D eigenvalue weighted by molar-refractivity contribution is 5.75. The summed E-state index contributed by atoms with van der Waals surface area (Å²) >= 11 is 0. The number of carbonyl (C=O) groups is 2. The van der Waals surface area contributed by atoms with Gasteiger partial charge in [-0.15, -0.1) is 0 Å². The van der Waals surface area contributed by atoms with Crippen LogP contribution in [0.2, 0.25) is 0 Å². The third-order valence-corrected chi connectivity index (χ3v) is 1.40. The average molecular weight is 187 g/mol. The minimum absolute atomic E-state index is 0.107. The second-order valence-corrected chi connectivity index (χ2v) is 3.07. The Morgan fingerprint density at radius 2 is 2.15 bits per heavy atom. The van der Waals surface area contributed by atoms with E-state index in [4.69, 9.17) is 4.74 Å². The highest BCUT2D eigenvalue weighted by Gasteiger charge is 2.13. The zero-order valence-electron chi connectivity index (χ0n) is 8.37. The third kappa shape index (κ3) is 6.28. The zero-order chi connectivity index (χ0) is 10.3. The summed E-state index contributed by atoms with van der Waals surface area (Å²) in [7, 11) is 0. The standard InChI is InChI=1S/C9H17NO3/c1-4-13-9(12)5-8(6-11)10-7(2)3/h6-8,10H,4-5H2,1-3H3. The van der Waals surface area contributed by atoms with E-state index < -0.39 is 6.04 Å². The van der Waals surface area contributed by atoms with Crippen LogP contribution in [-0.4, -0.2) is 30.9 Å². The molecule has 0 aromatic carbocycles.